The van der Waals surface area contributed by atoms with E-state index in [1.54, 1.807) is 11.0 Å². The highest BCUT2D eigenvalue weighted by atomic mass is 16.6. The molecule has 8 nitrogen and oxygen atoms in total. The predicted octanol–water partition coefficient (Wildman–Crippen LogP) is 3.26. The molecule has 2 aromatic carbocycles. The number of carboxylic acids is 1. The van der Waals surface area contributed by atoms with Crippen LogP contribution in [0, 0.1) is 10.1 Å². The van der Waals surface area contributed by atoms with Crippen LogP contribution in [0.2, 0.25) is 0 Å². The second-order valence-electron chi connectivity index (χ2n) is 6.39. The van der Waals surface area contributed by atoms with E-state index in [0.717, 1.165) is 12.0 Å². The minimum Gasteiger partial charge on any atom is -0.480 e. The maximum absolute atomic E-state index is 11.6. The molecule has 3 aromatic rings. The fraction of sp³-hybridized carbons (Fsp3) is 0.211. The summed E-state index contributed by atoms with van der Waals surface area (Å²) >= 11 is 0. The zero-order valence-electron chi connectivity index (χ0n) is 14.3. The van der Waals surface area contributed by atoms with Gasteiger partial charge in [0.25, 0.3) is 5.69 Å². The summed E-state index contributed by atoms with van der Waals surface area (Å²) in [6.45, 7) is 0.559. The van der Waals surface area contributed by atoms with Crippen molar-refractivity contribution in [1.82, 2.24) is 9.97 Å². The van der Waals surface area contributed by atoms with Gasteiger partial charge in [-0.2, -0.15) is 0 Å². The molecule has 1 N–H and O–H groups in total. The van der Waals surface area contributed by atoms with E-state index in [4.69, 9.17) is 0 Å². The van der Waals surface area contributed by atoms with E-state index >= 15 is 0 Å². The molecule has 1 atom stereocenters. The first-order chi connectivity index (χ1) is 13.0. The Morgan fingerprint density at radius 1 is 1.19 bits per heavy atom. The molecule has 4 rings (SSSR count). The number of nitrogens with zero attached hydrogens (tertiary/aromatic N) is 4. The average molecular weight is 364 g/mol. The van der Waals surface area contributed by atoms with Gasteiger partial charge in [-0.05, 0) is 18.9 Å². The molecule has 1 fully saturated rings. The first-order valence-electron chi connectivity index (χ1n) is 8.55. The molecule has 136 valence electrons. The maximum atomic E-state index is 11.6. The number of anilines is 1. The fourth-order valence-corrected chi connectivity index (χ4v) is 3.43. The molecule has 1 unspecified atom stereocenters. The van der Waals surface area contributed by atoms with Crippen molar-refractivity contribution in [1.29, 1.82) is 0 Å². The van der Waals surface area contributed by atoms with Crippen molar-refractivity contribution in [3.8, 4) is 11.3 Å². The predicted molar refractivity (Wildman–Crippen MR) is 99.6 cm³/mol. The molecule has 27 heavy (non-hydrogen) atoms. The van der Waals surface area contributed by atoms with E-state index in [0.29, 0.717) is 35.5 Å². The van der Waals surface area contributed by atoms with E-state index in [1.165, 1.54) is 12.1 Å². The number of fused-ring (bicyclic) bond motifs is 1. The number of nitro groups is 1. The standard InChI is InChI=1S/C19H16N4O4/c24-18(25)16-7-4-10-22(16)19-20-15-9-8-13(23(26)27)11-14(15)17(21-19)12-5-2-1-3-6-12/h1-3,5-6,8-9,11,16H,4,7,10H2,(H,24,25). The summed E-state index contributed by atoms with van der Waals surface area (Å²) in [5, 5.41) is 21.2. The van der Waals surface area contributed by atoms with Crippen molar-refractivity contribution in [2.24, 2.45) is 0 Å². The third kappa shape index (κ3) is 3.05. The van der Waals surface area contributed by atoms with Gasteiger partial charge < -0.3 is 10.0 Å². The number of nitro benzene ring substituents is 1. The van der Waals surface area contributed by atoms with Crippen LogP contribution in [0.15, 0.2) is 48.5 Å². The van der Waals surface area contributed by atoms with Crippen LogP contribution in [-0.2, 0) is 4.79 Å². The van der Waals surface area contributed by atoms with Gasteiger partial charge in [0.2, 0.25) is 5.95 Å². The van der Waals surface area contributed by atoms with E-state index in [-0.39, 0.29) is 5.69 Å². The Bertz CT molecular complexity index is 1040. The Balaban J connectivity index is 1.94. The van der Waals surface area contributed by atoms with Gasteiger partial charge in [0, 0.05) is 29.6 Å². The molecule has 1 aromatic heterocycles. The minimum atomic E-state index is -0.902. The largest absolute Gasteiger partial charge is 0.480 e. The zero-order chi connectivity index (χ0) is 19.0. The number of hydrogen-bond donors (Lipinski definition) is 1. The monoisotopic (exact) mass is 364 g/mol. The Labute approximate surface area is 154 Å². The van der Waals surface area contributed by atoms with Crippen LogP contribution in [0.3, 0.4) is 0 Å². The number of non-ortho nitro benzene ring substituents is 1. The van der Waals surface area contributed by atoms with Gasteiger partial charge in [0.1, 0.15) is 6.04 Å². The van der Waals surface area contributed by atoms with Crippen LogP contribution in [-0.4, -0.2) is 38.6 Å². The number of carbonyl (C=O) groups is 1. The second kappa shape index (κ2) is 6.64. The summed E-state index contributed by atoms with van der Waals surface area (Å²) in [4.78, 5) is 33.1. The molecule has 1 saturated heterocycles. The summed E-state index contributed by atoms with van der Waals surface area (Å²) in [6, 6.07) is 13.1. The Kier molecular flexibility index (Phi) is 4.15. The van der Waals surface area contributed by atoms with Crippen molar-refractivity contribution in [2.45, 2.75) is 18.9 Å². The molecule has 0 bridgehead atoms. The number of hydrogen-bond acceptors (Lipinski definition) is 6. The lowest BCUT2D eigenvalue weighted by atomic mass is 10.1. The van der Waals surface area contributed by atoms with E-state index in [2.05, 4.69) is 9.97 Å². The van der Waals surface area contributed by atoms with Crippen molar-refractivity contribution >= 4 is 28.5 Å². The van der Waals surface area contributed by atoms with Gasteiger partial charge in [-0.1, -0.05) is 30.3 Å². The summed E-state index contributed by atoms with van der Waals surface area (Å²) in [7, 11) is 0. The molecule has 0 spiro atoms. The molecular formula is C19H16N4O4. The lowest BCUT2D eigenvalue weighted by Crippen LogP contribution is -2.37. The Morgan fingerprint density at radius 2 is 1.96 bits per heavy atom. The van der Waals surface area contributed by atoms with Gasteiger partial charge >= 0.3 is 5.97 Å². The number of aromatic nitrogens is 2. The van der Waals surface area contributed by atoms with Crippen LogP contribution in [0.1, 0.15) is 12.8 Å². The summed E-state index contributed by atoms with van der Waals surface area (Å²) in [6.07, 6.45) is 1.29. The number of rotatable bonds is 4. The van der Waals surface area contributed by atoms with Crippen LogP contribution in [0.4, 0.5) is 11.6 Å². The lowest BCUT2D eigenvalue weighted by molar-refractivity contribution is -0.384. The van der Waals surface area contributed by atoms with Crippen molar-refractivity contribution in [3.05, 3.63) is 58.6 Å². The summed E-state index contributed by atoms with van der Waals surface area (Å²) in [5.41, 5.74) is 1.84. The molecule has 8 heteroatoms. The van der Waals surface area contributed by atoms with Crippen molar-refractivity contribution in [2.75, 3.05) is 11.4 Å². The molecule has 1 aliphatic heterocycles. The quantitative estimate of drug-likeness (QED) is 0.559. The smallest absolute Gasteiger partial charge is 0.326 e. The Morgan fingerprint density at radius 3 is 2.67 bits per heavy atom. The highest BCUT2D eigenvalue weighted by Crippen LogP contribution is 2.32. The highest BCUT2D eigenvalue weighted by molar-refractivity contribution is 5.94. The van der Waals surface area contributed by atoms with Crippen molar-refractivity contribution in [3.63, 3.8) is 0 Å². The van der Waals surface area contributed by atoms with Crippen LogP contribution in [0.25, 0.3) is 22.2 Å². The van der Waals surface area contributed by atoms with Crippen molar-refractivity contribution < 1.29 is 14.8 Å². The third-order valence-electron chi connectivity index (χ3n) is 4.72. The van der Waals surface area contributed by atoms with Gasteiger partial charge in [-0.15, -0.1) is 0 Å². The first kappa shape index (κ1) is 16.9. The maximum Gasteiger partial charge on any atom is 0.326 e. The molecular weight excluding hydrogens is 348 g/mol. The van der Waals surface area contributed by atoms with Gasteiger partial charge in [0.15, 0.2) is 0 Å². The average Bonchev–Trinajstić information content (AvgIpc) is 3.17. The number of benzene rings is 2. The molecule has 0 saturated carbocycles. The molecule has 0 aliphatic carbocycles. The van der Waals surface area contributed by atoms with Crippen LogP contribution < -0.4 is 4.90 Å². The van der Waals surface area contributed by atoms with E-state index in [9.17, 15) is 20.0 Å². The molecule has 0 radical (unpaired) electrons. The van der Waals surface area contributed by atoms with Gasteiger partial charge in [0.05, 0.1) is 16.1 Å². The molecule has 1 aliphatic rings. The van der Waals surface area contributed by atoms with Gasteiger partial charge in [-0.3, -0.25) is 10.1 Å². The summed E-state index contributed by atoms with van der Waals surface area (Å²) in [5.74, 6) is -0.568. The number of aliphatic carboxylic acids is 1. The minimum absolute atomic E-state index is 0.0411. The van der Waals surface area contributed by atoms with E-state index < -0.39 is 16.9 Å². The lowest BCUT2D eigenvalue weighted by Gasteiger charge is -2.22. The SMILES string of the molecule is O=C(O)C1CCCN1c1nc(-c2ccccc2)c2cc([N+](=O)[O-])ccc2n1. The topological polar surface area (TPSA) is 109 Å². The van der Waals surface area contributed by atoms with Crippen LogP contribution in [0.5, 0.6) is 0 Å². The molecule has 2 heterocycles. The Hall–Kier alpha value is -3.55. The fourth-order valence-electron chi connectivity index (χ4n) is 3.43. The van der Waals surface area contributed by atoms with Gasteiger partial charge in [-0.25, -0.2) is 14.8 Å². The molecule has 0 amide bonds. The number of carboxylic acid groups (broad SMARTS) is 1. The third-order valence-corrected chi connectivity index (χ3v) is 4.72. The van der Waals surface area contributed by atoms with Crippen LogP contribution >= 0.6 is 0 Å². The normalized spacial score (nSPS) is 16.6. The first-order valence-corrected chi connectivity index (χ1v) is 8.55. The zero-order valence-corrected chi connectivity index (χ0v) is 14.3. The van der Waals surface area contributed by atoms with E-state index in [1.807, 2.05) is 30.3 Å². The highest BCUT2D eigenvalue weighted by Gasteiger charge is 2.33. The second-order valence-corrected chi connectivity index (χ2v) is 6.39. The summed E-state index contributed by atoms with van der Waals surface area (Å²) < 4.78 is 0.